The second kappa shape index (κ2) is 5.33. The van der Waals surface area contributed by atoms with Gasteiger partial charge in [-0.05, 0) is 27.4 Å². The molecule has 0 bridgehead atoms. The van der Waals surface area contributed by atoms with E-state index in [9.17, 15) is 9.59 Å². The molecule has 112 valence electrons. The van der Waals surface area contributed by atoms with E-state index in [0.717, 1.165) is 5.19 Å². The molecule has 0 aromatic heterocycles. The zero-order chi connectivity index (χ0) is 15.8. The van der Waals surface area contributed by atoms with Crippen molar-refractivity contribution in [1.82, 2.24) is 5.32 Å². The summed E-state index contributed by atoms with van der Waals surface area (Å²) in [6, 6.07) is 7.41. The quantitative estimate of drug-likeness (QED) is 0.824. The van der Waals surface area contributed by atoms with E-state index in [1.54, 1.807) is 19.2 Å². The van der Waals surface area contributed by atoms with Gasteiger partial charge in [-0.25, -0.2) is 0 Å². The van der Waals surface area contributed by atoms with Crippen molar-refractivity contribution >= 4 is 19.4 Å². The minimum atomic E-state index is -2.73. The molecule has 0 saturated carbocycles. The Morgan fingerprint density at radius 3 is 1.70 bits per heavy atom. The Balaban J connectivity index is 3.35. The topological polar surface area (TPSA) is 49.3 Å². The zero-order valence-electron chi connectivity index (χ0n) is 13.7. The largest absolute Gasteiger partial charge is 0.426 e. The number of rotatable bonds is 2. The minimum Gasteiger partial charge on any atom is -0.426 e. The molecular formula is C16H27NO2Si. The van der Waals surface area contributed by atoms with Gasteiger partial charge in [-0.15, -0.1) is 0 Å². The molecule has 4 heteroatoms. The summed E-state index contributed by atoms with van der Waals surface area (Å²) >= 11 is 0. The molecule has 0 saturated heterocycles. The van der Waals surface area contributed by atoms with Gasteiger partial charge in [0, 0.05) is 12.6 Å². The molecule has 1 aromatic rings. The molecule has 0 radical (unpaired) electrons. The van der Waals surface area contributed by atoms with E-state index in [-0.39, 0.29) is 16.0 Å². The van der Waals surface area contributed by atoms with Crippen molar-refractivity contribution in [2.24, 2.45) is 0 Å². The average Bonchev–Trinajstić information content (AvgIpc) is 2.34. The van der Waals surface area contributed by atoms with Crippen molar-refractivity contribution in [3.05, 3.63) is 29.8 Å². The Bertz CT molecular complexity index is 467. The number of carbonyl (C=O) groups excluding carboxylic acids is 1. The maximum absolute atomic E-state index is 11.6. The Morgan fingerprint density at radius 2 is 1.40 bits per heavy atom. The molecule has 1 aromatic carbocycles. The first-order valence-electron chi connectivity index (χ1n) is 7.00. The molecule has 20 heavy (non-hydrogen) atoms. The number of hydrogen-bond acceptors (Lipinski definition) is 2. The predicted molar refractivity (Wildman–Crippen MR) is 86.9 cm³/mol. The Morgan fingerprint density at radius 1 is 1.00 bits per heavy atom. The van der Waals surface area contributed by atoms with Crippen molar-refractivity contribution < 1.29 is 9.59 Å². The number of carbonyl (C=O) groups is 1. The highest BCUT2D eigenvalue weighted by Gasteiger charge is 2.53. The zero-order valence-corrected chi connectivity index (χ0v) is 14.7. The van der Waals surface area contributed by atoms with Crippen molar-refractivity contribution in [2.75, 3.05) is 7.05 Å². The van der Waals surface area contributed by atoms with Crippen LogP contribution in [0.1, 0.15) is 51.9 Å². The van der Waals surface area contributed by atoms with E-state index < -0.39 is 8.32 Å². The van der Waals surface area contributed by atoms with E-state index in [0.29, 0.717) is 5.56 Å². The number of hydrogen-bond donors (Lipinski definition) is 2. The third kappa shape index (κ3) is 2.81. The standard InChI is InChI=1S/C16H27NO2Si/c1-15(2,3)20(19,16(4,5)6)13-10-8-12(9-11-13)14(18)17-7/h8-11,19H,1-7H3,(H,17,18). The molecule has 1 amide bonds. The van der Waals surface area contributed by atoms with Gasteiger partial charge in [0.05, 0.1) is 0 Å². The number of amides is 1. The summed E-state index contributed by atoms with van der Waals surface area (Å²) in [5, 5.41) is 3.23. The Kier molecular flexibility index (Phi) is 4.51. The second-order valence-corrected chi connectivity index (χ2v) is 12.4. The van der Waals surface area contributed by atoms with Crippen molar-refractivity contribution in [3.8, 4) is 0 Å². The van der Waals surface area contributed by atoms with Gasteiger partial charge >= 0.3 is 0 Å². The Hall–Kier alpha value is -1.13. The van der Waals surface area contributed by atoms with Gasteiger partial charge in [0.2, 0.25) is 8.32 Å². The minimum absolute atomic E-state index is 0.103. The van der Waals surface area contributed by atoms with Crippen LogP contribution >= 0.6 is 0 Å². The third-order valence-electron chi connectivity index (χ3n) is 3.96. The highest BCUT2D eigenvalue weighted by molar-refractivity contribution is 6.90. The highest BCUT2D eigenvalue weighted by Crippen LogP contribution is 2.48. The lowest BCUT2D eigenvalue weighted by Crippen LogP contribution is -2.61. The van der Waals surface area contributed by atoms with Crippen LogP contribution in [0.2, 0.25) is 10.1 Å². The summed E-state index contributed by atoms with van der Waals surface area (Å²) in [6.07, 6.45) is 0. The van der Waals surface area contributed by atoms with Crippen molar-refractivity contribution in [1.29, 1.82) is 0 Å². The third-order valence-corrected chi connectivity index (χ3v) is 9.47. The van der Waals surface area contributed by atoms with Crippen LogP contribution in [-0.4, -0.2) is 26.1 Å². The van der Waals surface area contributed by atoms with E-state index in [1.807, 2.05) is 12.1 Å². The van der Waals surface area contributed by atoms with Crippen LogP contribution in [-0.2, 0) is 0 Å². The molecule has 3 nitrogen and oxygen atoms in total. The smallest absolute Gasteiger partial charge is 0.251 e. The summed E-state index contributed by atoms with van der Waals surface area (Å²) in [5.41, 5.74) is 0.621. The molecule has 0 unspecified atom stereocenters. The molecule has 0 aliphatic carbocycles. The van der Waals surface area contributed by atoms with Gasteiger partial charge in [0.15, 0.2) is 0 Å². The van der Waals surface area contributed by atoms with Crippen LogP contribution in [0.15, 0.2) is 24.3 Å². The summed E-state index contributed by atoms with van der Waals surface area (Å²) < 4.78 is 0. The lowest BCUT2D eigenvalue weighted by Gasteiger charge is -2.47. The molecule has 0 aliphatic rings. The van der Waals surface area contributed by atoms with E-state index in [1.165, 1.54) is 0 Å². The summed E-state index contributed by atoms with van der Waals surface area (Å²) in [5.74, 6) is -0.103. The molecule has 0 fully saturated rings. The fourth-order valence-corrected chi connectivity index (χ4v) is 7.63. The molecule has 0 heterocycles. The lowest BCUT2D eigenvalue weighted by atomic mass is 10.2. The number of benzene rings is 1. The number of nitrogens with one attached hydrogen (secondary N) is 1. The fraction of sp³-hybridized carbons (Fsp3) is 0.562. The first-order chi connectivity index (χ1) is 8.95. The summed E-state index contributed by atoms with van der Waals surface area (Å²) in [7, 11) is -1.11. The van der Waals surface area contributed by atoms with Crippen LogP contribution in [0.5, 0.6) is 0 Å². The van der Waals surface area contributed by atoms with Crippen LogP contribution in [0, 0.1) is 0 Å². The average molecular weight is 293 g/mol. The monoisotopic (exact) mass is 293 g/mol. The van der Waals surface area contributed by atoms with E-state index >= 15 is 0 Å². The van der Waals surface area contributed by atoms with Gasteiger partial charge in [-0.2, -0.15) is 0 Å². The van der Waals surface area contributed by atoms with Crippen molar-refractivity contribution in [3.63, 3.8) is 0 Å². The SMILES string of the molecule is CNC(=O)c1ccc([Si](O)(C(C)(C)C)C(C)(C)C)cc1. The van der Waals surface area contributed by atoms with Crippen LogP contribution in [0.4, 0.5) is 0 Å². The van der Waals surface area contributed by atoms with Crippen molar-refractivity contribution in [2.45, 2.75) is 51.6 Å². The second-order valence-electron chi connectivity index (χ2n) is 7.37. The highest BCUT2D eigenvalue weighted by atomic mass is 28.4. The van der Waals surface area contributed by atoms with Gasteiger partial charge < -0.3 is 10.1 Å². The molecule has 2 N–H and O–H groups in total. The molecular weight excluding hydrogens is 266 g/mol. The predicted octanol–water partition coefficient (Wildman–Crippen LogP) is 2.79. The maximum Gasteiger partial charge on any atom is 0.251 e. The van der Waals surface area contributed by atoms with Gasteiger partial charge in [-0.1, -0.05) is 53.7 Å². The molecule has 0 atom stereocenters. The van der Waals surface area contributed by atoms with Crippen LogP contribution in [0.25, 0.3) is 0 Å². The normalized spacial score (nSPS) is 13.2. The van der Waals surface area contributed by atoms with Crippen LogP contribution in [0.3, 0.4) is 0 Å². The molecule has 0 spiro atoms. The van der Waals surface area contributed by atoms with E-state index in [2.05, 4.69) is 46.9 Å². The lowest BCUT2D eigenvalue weighted by molar-refractivity contribution is 0.0963. The first-order valence-corrected chi connectivity index (χ1v) is 8.95. The fourth-order valence-electron chi connectivity index (χ4n) is 3.00. The van der Waals surface area contributed by atoms with Crippen LogP contribution < -0.4 is 10.5 Å². The Labute approximate surface area is 123 Å². The van der Waals surface area contributed by atoms with Gasteiger partial charge in [-0.3, -0.25) is 4.79 Å². The molecule has 1 rings (SSSR count). The first kappa shape index (κ1) is 16.9. The maximum atomic E-state index is 11.6. The summed E-state index contributed by atoms with van der Waals surface area (Å²) in [4.78, 5) is 23.1. The molecule has 0 aliphatic heterocycles. The summed E-state index contributed by atoms with van der Waals surface area (Å²) in [6.45, 7) is 12.6. The van der Waals surface area contributed by atoms with Gasteiger partial charge in [0.1, 0.15) is 0 Å². The van der Waals surface area contributed by atoms with Gasteiger partial charge in [0.25, 0.3) is 5.91 Å². The van der Waals surface area contributed by atoms with E-state index in [4.69, 9.17) is 0 Å².